The van der Waals surface area contributed by atoms with Crippen LogP contribution in [0, 0.1) is 6.92 Å². The van der Waals surface area contributed by atoms with Crippen molar-refractivity contribution in [2.45, 2.75) is 32.3 Å². The molecule has 1 aliphatic rings. The Morgan fingerprint density at radius 3 is 2.80 bits per heavy atom. The van der Waals surface area contributed by atoms with E-state index in [-0.39, 0.29) is 12.5 Å². The van der Waals surface area contributed by atoms with Crippen molar-refractivity contribution in [3.8, 4) is 0 Å². The molecule has 3 rings (SSSR count). The van der Waals surface area contributed by atoms with E-state index in [4.69, 9.17) is 9.15 Å². The minimum atomic E-state index is -3.26. The molecule has 136 valence electrons. The maximum absolute atomic E-state index is 11.7. The number of hydrogen-bond donors (Lipinski definition) is 0. The molecule has 2 aromatic rings. The van der Waals surface area contributed by atoms with Crippen LogP contribution in [-0.2, 0) is 21.2 Å². The van der Waals surface area contributed by atoms with Crippen LogP contribution in [0.25, 0.3) is 0 Å². The second-order valence-electron chi connectivity index (χ2n) is 6.48. The summed E-state index contributed by atoms with van der Waals surface area (Å²) in [6.07, 6.45) is 1.30. The van der Waals surface area contributed by atoms with Crippen LogP contribution in [0.5, 0.6) is 0 Å². The predicted molar refractivity (Wildman–Crippen MR) is 92.7 cm³/mol. The highest BCUT2D eigenvalue weighted by molar-refractivity contribution is 7.88. The predicted octanol–water partition coefficient (Wildman–Crippen LogP) is 2.06. The molecule has 0 saturated carbocycles. The third kappa shape index (κ3) is 4.26. The fourth-order valence-corrected chi connectivity index (χ4v) is 3.88. The molecule has 2 unspecified atom stereocenters. The van der Waals surface area contributed by atoms with Gasteiger partial charge in [0.15, 0.2) is 0 Å². The monoisotopic (exact) mass is 365 g/mol. The van der Waals surface area contributed by atoms with Crippen LogP contribution in [0.3, 0.4) is 0 Å². The second kappa shape index (κ2) is 7.23. The molecule has 1 aromatic heterocycles. The van der Waals surface area contributed by atoms with Crippen molar-refractivity contribution in [3.63, 3.8) is 0 Å². The number of benzene rings is 1. The zero-order valence-corrected chi connectivity index (χ0v) is 15.5. The standard InChI is InChI=1S/C17H23N3O4S/c1-12-6-4-5-7-14(12)13(2)10-16-18-19-17(24-16)15-11-20(8-9-23-15)25(3,21)22/h4-7,13,15H,8-11H2,1-3H3. The smallest absolute Gasteiger partial charge is 0.246 e. The number of ether oxygens (including phenoxy) is 1. The van der Waals surface area contributed by atoms with Crippen molar-refractivity contribution in [2.24, 2.45) is 0 Å². The minimum Gasteiger partial charge on any atom is -0.422 e. The third-order valence-corrected chi connectivity index (χ3v) is 5.73. The molecule has 2 atom stereocenters. The van der Waals surface area contributed by atoms with Crippen LogP contribution in [0.15, 0.2) is 28.7 Å². The summed E-state index contributed by atoms with van der Waals surface area (Å²) in [5, 5.41) is 8.17. The van der Waals surface area contributed by atoms with Crippen molar-refractivity contribution in [1.82, 2.24) is 14.5 Å². The SMILES string of the molecule is Cc1ccccc1C(C)Cc1nnc(C2CN(S(C)(=O)=O)CCO2)o1. The summed E-state index contributed by atoms with van der Waals surface area (Å²) in [6, 6.07) is 8.23. The Morgan fingerprint density at radius 2 is 2.08 bits per heavy atom. The van der Waals surface area contributed by atoms with E-state index in [2.05, 4.69) is 36.2 Å². The van der Waals surface area contributed by atoms with E-state index in [0.717, 1.165) is 0 Å². The van der Waals surface area contributed by atoms with Crippen LogP contribution in [-0.4, -0.2) is 48.9 Å². The van der Waals surface area contributed by atoms with Gasteiger partial charge in [0.1, 0.15) is 6.10 Å². The first-order valence-corrected chi connectivity index (χ1v) is 10.1. The van der Waals surface area contributed by atoms with Crippen molar-refractivity contribution < 1.29 is 17.6 Å². The van der Waals surface area contributed by atoms with Gasteiger partial charge in [0.05, 0.1) is 12.9 Å². The van der Waals surface area contributed by atoms with E-state index in [0.29, 0.717) is 31.4 Å². The van der Waals surface area contributed by atoms with Gasteiger partial charge in [-0.15, -0.1) is 10.2 Å². The molecular weight excluding hydrogens is 342 g/mol. The first-order chi connectivity index (χ1) is 11.8. The molecule has 0 aliphatic carbocycles. The molecule has 7 nitrogen and oxygen atoms in total. The van der Waals surface area contributed by atoms with Crippen molar-refractivity contribution in [3.05, 3.63) is 47.2 Å². The Kier molecular flexibility index (Phi) is 5.21. The Bertz CT molecular complexity index is 834. The zero-order valence-electron chi connectivity index (χ0n) is 14.7. The van der Waals surface area contributed by atoms with Gasteiger partial charge in [0, 0.05) is 19.5 Å². The topological polar surface area (TPSA) is 85.5 Å². The molecule has 0 N–H and O–H groups in total. The number of morpholine rings is 1. The van der Waals surface area contributed by atoms with Crippen molar-refractivity contribution >= 4 is 10.0 Å². The van der Waals surface area contributed by atoms with Gasteiger partial charge in [-0.2, -0.15) is 4.31 Å². The number of aromatic nitrogens is 2. The maximum atomic E-state index is 11.7. The van der Waals surface area contributed by atoms with E-state index < -0.39 is 16.1 Å². The summed E-state index contributed by atoms with van der Waals surface area (Å²) in [4.78, 5) is 0. The molecule has 1 aliphatic heterocycles. The highest BCUT2D eigenvalue weighted by Crippen LogP contribution is 2.26. The molecule has 0 bridgehead atoms. The number of aryl methyl sites for hydroxylation is 1. The maximum Gasteiger partial charge on any atom is 0.246 e. The number of hydrogen-bond acceptors (Lipinski definition) is 6. The molecular formula is C17H23N3O4S. The highest BCUT2D eigenvalue weighted by Gasteiger charge is 2.31. The fourth-order valence-electron chi connectivity index (χ4n) is 3.07. The Hall–Kier alpha value is -1.77. The summed E-state index contributed by atoms with van der Waals surface area (Å²) in [5.41, 5.74) is 2.48. The number of sulfonamides is 1. The quantitative estimate of drug-likeness (QED) is 0.806. The van der Waals surface area contributed by atoms with Gasteiger partial charge in [-0.05, 0) is 24.0 Å². The molecule has 8 heteroatoms. The average molecular weight is 365 g/mol. The number of rotatable bonds is 5. The lowest BCUT2D eigenvalue weighted by Gasteiger charge is -2.29. The first kappa shape index (κ1) is 18.0. The van der Waals surface area contributed by atoms with Gasteiger partial charge in [0.2, 0.25) is 21.8 Å². The van der Waals surface area contributed by atoms with Gasteiger partial charge in [-0.3, -0.25) is 0 Å². The summed E-state index contributed by atoms with van der Waals surface area (Å²) >= 11 is 0. The van der Waals surface area contributed by atoms with Crippen molar-refractivity contribution in [1.29, 1.82) is 0 Å². The molecule has 1 aromatic carbocycles. The molecule has 0 radical (unpaired) electrons. The van der Waals surface area contributed by atoms with Gasteiger partial charge in [-0.1, -0.05) is 31.2 Å². The number of nitrogens with zero attached hydrogens (tertiary/aromatic N) is 3. The van der Waals surface area contributed by atoms with Crippen LogP contribution < -0.4 is 0 Å². The summed E-state index contributed by atoms with van der Waals surface area (Å²) in [7, 11) is -3.26. The van der Waals surface area contributed by atoms with Gasteiger partial charge >= 0.3 is 0 Å². The van der Waals surface area contributed by atoms with Gasteiger partial charge < -0.3 is 9.15 Å². The highest BCUT2D eigenvalue weighted by atomic mass is 32.2. The Balaban J connectivity index is 1.69. The molecule has 1 fully saturated rings. The van der Waals surface area contributed by atoms with Gasteiger partial charge in [0.25, 0.3) is 0 Å². The van der Waals surface area contributed by atoms with E-state index in [1.807, 2.05) is 12.1 Å². The lowest BCUT2D eigenvalue weighted by Crippen LogP contribution is -2.41. The third-order valence-electron chi connectivity index (χ3n) is 4.46. The summed E-state index contributed by atoms with van der Waals surface area (Å²) < 4.78 is 36.1. The van der Waals surface area contributed by atoms with Crippen LogP contribution in [0.1, 0.15) is 41.9 Å². The molecule has 2 heterocycles. The Labute approximate surface area is 148 Å². The lowest BCUT2D eigenvalue weighted by atomic mass is 9.94. The van der Waals surface area contributed by atoms with E-state index in [1.54, 1.807) is 0 Å². The lowest BCUT2D eigenvalue weighted by molar-refractivity contribution is -0.0176. The van der Waals surface area contributed by atoms with Crippen LogP contribution in [0.4, 0.5) is 0 Å². The van der Waals surface area contributed by atoms with Crippen LogP contribution >= 0.6 is 0 Å². The molecule has 0 spiro atoms. The van der Waals surface area contributed by atoms with Crippen molar-refractivity contribution in [2.75, 3.05) is 26.0 Å². The fraction of sp³-hybridized carbons (Fsp3) is 0.529. The molecule has 1 saturated heterocycles. The summed E-state index contributed by atoms with van der Waals surface area (Å²) in [5.74, 6) is 1.11. The normalized spacial score (nSPS) is 20.5. The zero-order chi connectivity index (χ0) is 18.0. The second-order valence-corrected chi connectivity index (χ2v) is 8.46. The largest absolute Gasteiger partial charge is 0.422 e. The van der Waals surface area contributed by atoms with Gasteiger partial charge in [-0.25, -0.2) is 8.42 Å². The minimum absolute atomic E-state index is 0.202. The van der Waals surface area contributed by atoms with E-state index in [9.17, 15) is 8.42 Å². The first-order valence-electron chi connectivity index (χ1n) is 8.29. The van der Waals surface area contributed by atoms with E-state index >= 15 is 0 Å². The molecule has 25 heavy (non-hydrogen) atoms. The summed E-state index contributed by atoms with van der Waals surface area (Å²) in [6.45, 7) is 5.07. The Morgan fingerprint density at radius 1 is 1.32 bits per heavy atom. The molecule has 0 amide bonds. The van der Waals surface area contributed by atoms with E-state index in [1.165, 1.54) is 21.7 Å². The average Bonchev–Trinajstić information content (AvgIpc) is 3.03. The van der Waals surface area contributed by atoms with Crippen LogP contribution in [0.2, 0.25) is 0 Å².